The topological polar surface area (TPSA) is 46.6 Å². The molecule has 1 aliphatic heterocycles. The zero-order chi connectivity index (χ0) is 18.6. The van der Waals surface area contributed by atoms with E-state index in [1.165, 1.54) is 0 Å². The second kappa shape index (κ2) is 7.95. The summed E-state index contributed by atoms with van der Waals surface area (Å²) in [4.78, 5) is 27.7. The van der Waals surface area contributed by atoms with E-state index in [0.29, 0.717) is 12.3 Å². The van der Waals surface area contributed by atoms with E-state index in [9.17, 15) is 9.59 Å². The van der Waals surface area contributed by atoms with Gasteiger partial charge in [0.05, 0.1) is 6.42 Å². The van der Waals surface area contributed by atoms with Crippen LogP contribution in [0.15, 0.2) is 60.7 Å². The minimum atomic E-state index is -0.444. The summed E-state index contributed by atoms with van der Waals surface area (Å²) in [6.45, 7) is 0.256. The molecule has 2 aromatic rings. The Hall–Kier alpha value is -2.62. The van der Waals surface area contributed by atoms with Crippen LogP contribution in [0.4, 0.5) is 0 Å². The van der Waals surface area contributed by atoms with Gasteiger partial charge in [0.2, 0.25) is 5.91 Å². The van der Waals surface area contributed by atoms with Crippen LogP contribution < -0.4 is 0 Å². The zero-order valence-corrected chi connectivity index (χ0v) is 15.4. The Balaban J connectivity index is 1.46. The summed E-state index contributed by atoms with van der Waals surface area (Å²) in [7, 11) is 0. The van der Waals surface area contributed by atoms with Gasteiger partial charge in [0.15, 0.2) is 0 Å². The van der Waals surface area contributed by atoms with Crippen molar-refractivity contribution in [2.75, 3.05) is 0 Å². The maximum Gasteiger partial charge on any atom is 0.329 e. The van der Waals surface area contributed by atoms with Gasteiger partial charge < -0.3 is 9.64 Å². The van der Waals surface area contributed by atoms with E-state index >= 15 is 0 Å². The molecule has 0 aromatic heterocycles. The average molecular weight is 363 g/mol. The predicted molar refractivity (Wildman–Crippen MR) is 103 cm³/mol. The Labute approximate surface area is 160 Å². The number of carbonyl (C=O) groups excluding carboxylic acids is 2. The van der Waals surface area contributed by atoms with E-state index in [-0.39, 0.29) is 24.5 Å². The lowest BCUT2D eigenvalue weighted by Crippen LogP contribution is -2.46. The van der Waals surface area contributed by atoms with Crippen molar-refractivity contribution >= 4 is 11.9 Å². The Morgan fingerprint density at radius 2 is 1.59 bits per heavy atom. The fourth-order valence-corrected chi connectivity index (χ4v) is 4.55. The maximum absolute atomic E-state index is 13.1. The number of benzene rings is 2. The second-order valence-corrected chi connectivity index (χ2v) is 7.57. The molecule has 3 unspecified atom stereocenters. The van der Waals surface area contributed by atoms with Crippen molar-refractivity contribution < 1.29 is 14.3 Å². The quantitative estimate of drug-likeness (QED) is 0.760. The second-order valence-electron chi connectivity index (χ2n) is 7.57. The first-order chi connectivity index (χ1) is 13.2. The molecule has 3 atom stereocenters. The molecule has 0 spiro atoms. The van der Waals surface area contributed by atoms with Crippen LogP contribution in [0.1, 0.15) is 36.8 Å². The van der Waals surface area contributed by atoms with Crippen molar-refractivity contribution in [2.24, 2.45) is 5.92 Å². The highest BCUT2D eigenvalue weighted by atomic mass is 16.5. The number of esters is 1. The molecule has 2 aliphatic rings. The van der Waals surface area contributed by atoms with E-state index in [4.69, 9.17) is 4.74 Å². The van der Waals surface area contributed by atoms with Gasteiger partial charge in [-0.3, -0.25) is 4.79 Å². The third kappa shape index (κ3) is 3.90. The van der Waals surface area contributed by atoms with E-state index in [1.54, 1.807) is 0 Å². The van der Waals surface area contributed by atoms with Gasteiger partial charge in [0, 0.05) is 6.04 Å². The largest absolute Gasteiger partial charge is 0.459 e. The molecule has 0 bridgehead atoms. The lowest BCUT2D eigenvalue weighted by atomic mass is 10.0. The van der Waals surface area contributed by atoms with Gasteiger partial charge >= 0.3 is 5.97 Å². The average Bonchev–Trinajstić information content (AvgIpc) is 3.28. The van der Waals surface area contributed by atoms with Crippen LogP contribution in [0.3, 0.4) is 0 Å². The third-order valence-corrected chi connectivity index (χ3v) is 5.82. The fourth-order valence-electron chi connectivity index (χ4n) is 4.55. The van der Waals surface area contributed by atoms with Gasteiger partial charge in [-0.15, -0.1) is 0 Å². The van der Waals surface area contributed by atoms with E-state index in [2.05, 4.69) is 0 Å². The number of amides is 1. The van der Waals surface area contributed by atoms with Crippen LogP contribution >= 0.6 is 0 Å². The van der Waals surface area contributed by atoms with Crippen molar-refractivity contribution in [1.29, 1.82) is 0 Å². The van der Waals surface area contributed by atoms with Gasteiger partial charge in [0.25, 0.3) is 0 Å². The number of likely N-dealkylation sites (tertiary alicyclic amines) is 1. The molecule has 0 radical (unpaired) electrons. The Bertz CT molecular complexity index is 790. The van der Waals surface area contributed by atoms with Crippen LogP contribution in [0.25, 0.3) is 0 Å². The molecular formula is C23H25NO3. The minimum absolute atomic E-state index is 0.0391. The molecule has 1 saturated carbocycles. The highest BCUT2D eigenvalue weighted by molar-refractivity contribution is 5.87. The van der Waals surface area contributed by atoms with Gasteiger partial charge in [-0.1, -0.05) is 67.1 Å². The molecule has 1 aliphatic carbocycles. The van der Waals surface area contributed by atoms with Crippen molar-refractivity contribution in [3.05, 3.63) is 71.8 Å². The third-order valence-electron chi connectivity index (χ3n) is 5.82. The first kappa shape index (κ1) is 17.8. The molecule has 1 heterocycles. The van der Waals surface area contributed by atoms with Crippen LogP contribution in [-0.4, -0.2) is 28.9 Å². The SMILES string of the molecule is O=C(OCc1ccccc1)C1CC2CCCC2N1C(=O)Cc1ccccc1. The van der Waals surface area contributed by atoms with E-state index < -0.39 is 6.04 Å². The smallest absolute Gasteiger partial charge is 0.329 e. The summed E-state index contributed by atoms with van der Waals surface area (Å²) < 4.78 is 5.58. The van der Waals surface area contributed by atoms with Gasteiger partial charge in [0.1, 0.15) is 12.6 Å². The van der Waals surface area contributed by atoms with Gasteiger partial charge in [-0.05, 0) is 36.3 Å². The predicted octanol–water partition coefficient (Wildman–Crippen LogP) is 3.74. The molecule has 4 rings (SSSR count). The number of carbonyl (C=O) groups is 2. The standard InChI is InChI=1S/C23H25NO3/c25-22(14-17-8-3-1-4-9-17)24-20-13-7-12-19(20)15-21(24)23(26)27-16-18-10-5-2-6-11-18/h1-6,8-11,19-21H,7,12-16H2. The summed E-state index contributed by atoms with van der Waals surface area (Å²) >= 11 is 0. The Morgan fingerprint density at radius 3 is 2.30 bits per heavy atom. The van der Waals surface area contributed by atoms with Crippen LogP contribution in [0.5, 0.6) is 0 Å². The molecule has 1 amide bonds. The van der Waals surface area contributed by atoms with Crippen molar-refractivity contribution in [2.45, 2.75) is 50.8 Å². The fraction of sp³-hybridized carbons (Fsp3) is 0.391. The molecule has 4 heteroatoms. The molecule has 4 nitrogen and oxygen atoms in total. The number of rotatable bonds is 5. The van der Waals surface area contributed by atoms with Gasteiger partial charge in [-0.2, -0.15) is 0 Å². The molecular weight excluding hydrogens is 338 g/mol. The highest BCUT2D eigenvalue weighted by Crippen LogP contribution is 2.42. The Kier molecular flexibility index (Phi) is 5.23. The van der Waals surface area contributed by atoms with Crippen molar-refractivity contribution in [3.63, 3.8) is 0 Å². The van der Waals surface area contributed by atoms with Crippen LogP contribution in [-0.2, 0) is 27.4 Å². The molecule has 27 heavy (non-hydrogen) atoms. The zero-order valence-electron chi connectivity index (χ0n) is 15.4. The number of ether oxygens (including phenoxy) is 1. The summed E-state index contributed by atoms with van der Waals surface area (Å²) in [5.41, 5.74) is 1.95. The maximum atomic E-state index is 13.1. The molecule has 1 saturated heterocycles. The number of hydrogen-bond donors (Lipinski definition) is 0. The van der Waals surface area contributed by atoms with Crippen LogP contribution in [0, 0.1) is 5.92 Å². The van der Waals surface area contributed by atoms with Crippen molar-refractivity contribution in [1.82, 2.24) is 4.90 Å². The number of hydrogen-bond acceptors (Lipinski definition) is 3. The monoisotopic (exact) mass is 363 g/mol. The van der Waals surface area contributed by atoms with E-state index in [1.807, 2.05) is 65.6 Å². The highest BCUT2D eigenvalue weighted by Gasteiger charge is 2.49. The lowest BCUT2D eigenvalue weighted by Gasteiger charge is -2.29. The summed E-state index contributed by atoms with van der Waals surface area (Å²) in [6.07, 6.45) is 4.30. The summed E-state index contributed by atoms with van der Waals surface area (Å²) in [6, 6.07) is 19.2. The van der Waals surface area contributed by atoms with E-state index in [0.717, 1.165) is 36.8 Å². The van der Waals surface area contributed by atoms with Crippen LogP contribution in [0.2, 0.25) is 0 Å². The Morgan fingerprint density at radius 1 is 0.926 bits per heavy atom. The lowest BCUT2D eigenvalue weighted by molar-refractivity contribution is -0.155. The van der Waals surface area contributed by atoms with Gasteiger partial charge in [-0.25, -0.2) is 4.79 Å². The van der Waals surface area contributed by atoms with Crippen molar-refractivity contribution in [3.8, 4) is 0 Å². The summed E-state index contributed by atoms with van der Waals surface area (Å²) in [5.74, 6) is 0.200. The molecule has 2 aromatic carbocycles. The summed E-state index contributed by atoms with van der Waals surface area (Å²) in [5, 5.41) is 0. The number of fused-ring (bicyclic) bond motifs is 1. The molecule has 2 fully saturated rings. The number of nitrogens with zero attached hydrogens (tertiary/aromatic N) is 1. The normalized spacial score (nSPS) is 23.9. The molecule has 0 N–H and O–H groups in total. The molecule has 140 valence electrons. The minimum Gasteiger partial charge on any atom is -0.459 e. The first-order valence-corrected chi connectivity index (χ1v) is 9.78. The first-order valence-electron chi connectivity index (χ1n) is 9.78.